The summed E-state index contributed by atoms with van der Waals surface area (Å²) >= 11 is 1.87. The van der Waals surface area contributed by atoms with Gasteiger partial charge in [-0.3, -0.25) is 0 Å². The molecule has 1 aliphatic carbocycles. The lowest BCUT2D eigenvalue weighted by atomic mass is 10.1. The molecule has 1 aromatic rings. The van der Waals surface area contributed by atoms with Gasteiger partial charge in [0.2, 0.25) is 0 Å². The van der Waals surface area contributed by atoms with E-state index in [0.717, 1.165) is 6.54 Å². The maximum atomic E-state index is 13.8. The number of benzene rings is 1. The molecule has 2 rings (SSSR count). The van der Waals surface area contributed by atoms with Crippen molar-refractivity contribution in [1.29, 1.82) is 0 Å². The predicted octanol–water partition coefficient (Wildman–Crippen LogP) is 1.91. The average Bonchev–Trinajstić information content (AvgIpc) is 3.20. The van der Waals surface area contributed by atoms with Gasteiger partial charge in [0.25, 0.3) is 0 Å². The number of halogens is 1. The Labute approximate surface area is 116 Å². The fourth-order valence-corrected chi connectivity index (χ4v) is 2.68. The van der Waals surface area contributed by atoms with Gasteiger partial charge in [0.1, 0.15) is 5.82 Å². The molecule has 0 heterocycles. The Morgan fingerprint density at radius 3 is 2.84 bits per heavy atom. The molecule has 0 saturated heterocycles. The summed E-state index contributed by atoms with van der Waals surface area (Å²) in [7, 11) is 0. The van der Waals surface area contributed by atoms with Crippen molar-refractivity contribution < 1.29 is 9.60 Å². The van der Waals surface area contributed by atoms with E-state index in [1.54, 1.807) is 12.1 Å². The molecule has 4 nitrogen and oxygen atoms in total. The molecule has 1 aromatic carbocycles. The van der Waals surface area contributed by atoms with Crippen LogP contribution < -0.4 is 11.1 Å². The van der Waals surface area contributed by atoms with Gasteiger partial charge < -0.3 is 16.3 Å². The van der Waals surface area contributed by atoms with Crippen LogP contribution >= 0.6 is 11.8 Å². The minimum atomic E-state index is -0.342. The number of nitrogens with zero attached hydrogens (tertiary/aromatic N) is 1. The molecule has 6 heteroatoms. The van der Waals surface area contributed by atoms with Crippen LogP contribution in [0.4, 0.5) is 4.39 Å². The van der Waals surface area contributed by atoms with Crippen LogP contribution in [-0.2, 0) is 6.54 Å². The van der Waals surface area contributed by atoms with Crippen LogP contribution in [0.25, 0.3) is 0 Å². The van der Waals surface area contributed by atoms with Crippen molar-refractivity contribution in [3.63, 3.8) is 0 Å². The van der Waals surface area contributed by atoms with Gasteiger partial charge in [-0.25, -0.2) is 4.39 Å². The summed E-state index contributed by atoms with van der Waals surface area (Å²) in [4.78, 5) is 0. The molecule has 0 aliphatic heterocycles. The van der Waals surface area contributed by atoms with Crippen molar-refractivity contribution in [2.75, 3.05) is 12.8 Å². The summed E-state index contributed by atoms with van der Waals surface area (Å²) in [6.07, 6.45) is 4.57. The first-order chi connectivity index (χ1) is 9.10. The lowest BCUT2D eigenvalue weighted by Crippen LogP contribution is -2.26. The first-order valence-corrected chi connectivity index (χ1v) is 7.35. The zero-order valence-corrected chi connectivity index (χ0v) is 11.6. The van der Waals surface area contributed by atoms with Crippen LogP contribution in [0.15, 0.2) is 23.4 Å². The van der Waals surface area contributed by atoms with Crippen LogP contribution in [0.3, 0.4) is 0 Å². The highest BCUT2D eigenvalue weighted by atomic mass is 32.2. The SMILES string of the molecule is CSC1(CNCc2ccc(/C(N)=N/O)cc2F)CC1. The normalized spacial score (nSPS) is 17.5. The van der Waals surface area contributed by atoms with E-state index in [4.69, 9.17) is 10.9 Å². The number of nitrogens with one attached hydrogen (secondary N) is 1. The third-order valence-electron chi connectivity index (χ3n) is 3.46. The minimum Gasteiger partial charge on any atom is -0.409 e. The molecule has 1 aliphatic rings. The zero-order valence-electron chi connectivity index (χ0n) is 10.8. The standard InChI is InChI=1S/C13H18FN3OS/c1-19-13(4-5-13)8-16-7-10-3-2-9(6-11(10)14)12(15)17-18/h2-3,6,16,18H,4-5,7-8H2,1H3,(H2,15,17). The maximum Gasteiger partial charge on any atom is 0.170 e. The molecule has 0 unspecified atom stereocenters. The van der Waals surface area contributed by atoms with Crippen molar-refractivity contribution in [3.05, 3.63) is 35.1 Å². The summed E-state index contributed by atoms with van der Waals surface area (Å²) in [5, 5.41) is 14.7. The number of hydrogen-bond donors (Lipinski definition) is 3. The Morgan fingerprint density at radius 2 is 2.32 bits per heavy atom. The molecule has 0 spiro atoms. The van der Waals surface area contributed by atoms with Gasteiger partial charge in [0.15, 0.2) is 5.84 Å². The smallest absolute Gasteiger partial charge is 0.170 e. The molecule has 1 fully saturated rings. The summed E-state index contributed by atoms with van der Waals surface area (Å²) in [6, 6.07) is 4.60. The highest BCUT2D eigenvalue weighted by molar-refractivity contribution is 8.00. The van der Waals surface area contributed by atoms with Gasteiger partial charge >= 0.3 is 0 Å². The highest BCUT2D eigenvalue weighted by Crippen LogP contribution is 2.46. The van der Waals surface area contributed by atoms with Crippen LogP contribution in [0.1, 0.15) is 24.0 Å². The lowest BCUT2D eigenvalue weighted by Gasteiger charge is -2.13. The molecule has 19 heavy (non-hydrogen) atoms. The number of oxime groups is 1. The van der Waals surface area contributed by atoms with Crippen molar-refractivity contribution >= 4 is 17.6 Å². The largest absolute Gasteiger partial charge is 0.409 e. The summed E-state index contributed by atoms with van der Waals surface area (Å²) < 4.78 is 14.2. The Kier molecular flexibility index (Phi) is 4.31. The third kappa shape index (κ3) is 3.39. The number of thioether (sulfide) groups is 1. The zero-order chi connectivity index (χ0) is 13.9. The topological polar surface area (TPSA) is 70.6 Å². The van der Waals surface area contributed by atoms with Gasteiger partial charge in [0.05, 0.1) is 0 Å². The second-order valence-corrected chi connectivity index (χ2v) is 6.06. The Balaban J connectivity index is 1.94. The summed E-state index contributed by atoms with van der Waals surface area (Å²) in [6.45, 7) is 1.39. The summed E-state index contributed by atoms with van der Waals surface area (Å²) in [5.41, 5.74) is 6.38. The second kappa shape index (κ2) is 5.79. The lowest BCUT2D eigenvalue weighted by molar-refractivity contribution is 0.318. The first kappa shape index (κ1) is 14.1. The van der Waals surface area contributed by atoms with Crippen molar-refractivity contribution in [2.45, 2.75) is 24.1 Å². The van der Waals surface area contributed by atoms with Gasteiger partial charge in [-0.2, -0.15) is 11.8 Å². The van der Waals surface area contributed by atoms with Crippen molar-refractivity contribution in [3.8, 4) is 0 Å². The predicted molar refractivity (Wildman–Crippen MR) is 76.1 cm³/mol. The van der Waals surface area contributed by atoms with E-state index in [0.29, 0.717) is 22.4 Å². The van der Waals surface area contributed by atoms with E-state index < -0.39 is 0 Å². The summed E-state index contributed by atoms with van der Waals surface area (Å²) in [5.74, 6) is -0.427. The Bertz CT molecular complexity index is 489. The van der Waals surface area contributed by atoms with Gasteiger partial charge in [-0.1, -0.05) is 17.3 Å². The van der Waals surface area contributed by atoms with Crippen molar-refractivity contribution in [1.82, 2.24) is 5.32 Å². The molecular weight excluding hydrogens is 265 g/mol. The number of hydrogen-bond acceptors (Lipinski definition) is 4. The van der Waals surface area contributed by atoms with E-state index >= 15 is 0 Å². The van der Waals surface area contributed by atoms with E-state index in [1.807, 2.05) is 11.8 Å². The van der Waals surface area contributed by atoms with Gasteiger partial charge in [0, 0.05) is 29.0 Å². The fourth-order valence-electron chi connectivity index (χ4n) is 1.93. The first-order valence-electron chi connectivity index (χ1n) is 6.12. The van der Waals surface area contributed by atoms with E-state index in [-0.39, 0.29) is 11.7 Å². The van der Waals surface area contributed by atoms with Crippen molar-refractivity contribution in [2.24, 2.45) is 10.9 Å². The Hall–Kier alpha value is -1.27. The van der Waals surface area contributed by atoms with E-state index in [9.17, 15) is 4.39 Å². The molecule has 1 saturated carbocycles. The molecular formula is C13H18FN3OS. The van der Waals surface area contributed by atoms with Gasteiger partial charge in [-0.05, 0) is 25.2 Å². The number of amidine groups is 1. The van der Waals surface area contributed by atoms with Crippen LogP contribution in [-0.4, -0.2) is 28.6 Å². The molecule has 0 aromatic heterocycles. The van der Waals surface area contributed by atoms with E-state index in [2.05, 4.69) is 16.7 Å². The third-order valence-corrected chi connectivity index (χ3v) is 4.88. The molecule has 0 radical (unpaired) electrons. The van der Waals surface area contributed by atoms with E-state index in [1.165, 1.54) is 18.9 Å². The Morgan fingerprint density at radius 1 is 1.58 bits per heavy atom. The molecule has 4 N–H and O–H groups in total. The van der Waals surface area contributed by atoms with Crippen LogP contribution in [0, 0.1) is 5.82 Å². The minimum absolute atomic E-state index is 0.0854. The van der Waals surface area contributed by atoms with Gasteiger partial charge in [-0.15, -0.1) is 0 Å². The monoisotopic (exact) mass is 283 g/mol. The molecule has 0 bridgehead atoms. The maximum absolute atomic E-state index is 13.8. The van der Waals surface area contributed by atoms with Crippen LogP contribution in [0.2, 0.25) is 0 Å². The molecule has 104 valence electrons. The number of nitrogens with two attached hydrogens (primary N) is 1. The molecule has 0 atom stereocenters. The fraction of sp³-hybridized carbons (Fsp3) is 0.462. The quantitative estimate of drug-likeness (QED) is 0.323. The second-order valence-electron chi connectivity index (χ2n) is 4.78. The number of rotatable bonds is 6. The highest BCUT2D eigenvalue weighted by Gasteiger charge is 2.41. The molecule has 0 amide bonds. The van der Waals surface area contributed by atoms with Crippen LogP contribution in [0.5, 0.6) is 0 Å². The average molecular weight is 283 g/mol.